The van der Waals surface area contributed by atoms with E-state index in [0.717, 1.165) is 18.4 Å². The molecule has 11 heteroatoms. The minimum Gasteiger partial charge on any atom is -0.459 e. The van der Waals surface area contributed by atoms with Gasteiger partial charge in [0.15, 0.2) is 5.65 Å². The van der Waals surface area contributed by atoms with Gasteiger partial charge in [-0.25, -0.2) is 9.78 Å². The SMILES string of the molecule is CC(C)OC(=O)N1CCC(c2ccc(-c3nc4nc(OC5COC(CO)C(O)C5)[nH]c4cc3Cl)cc2)CC1. The number of aromatic amines is 1. The predicted molar refractivity (Wildman–Crippen MR) is 141 cm³/mol. The number of aliphatic hydroxyl groups excluding tert-OH is 2. The van der Waals surface area contributed by atoms with E-state index in [0.29, 0.717) is 47.3 Å². The van der Waals surface area contributed by atoms with E-state index in [-0.39, 0.29) is 31.4 Å². The Morgan fingerprint density at radius 1 is 1.24 bits per heavy atom. The molecule has 3 N–H and O–H groups in total. The molecule has 1 amide bonds. The first kappa shape index (κ1) is 26.7. The molecule has 3 unspecified atom stereocenters. The minimum atomic E-state index is -0.806. The zero-order valence-corrected chi connectivity index (χ0v) is 22.2. The molecular formula is C27H33ClN4O6. The highest BCUT2D eigenvalue weighted by Gasteiger charge is 2.31. The van der Waals surface area contributed by atoms with Gasteiger partial charge in [0, 0.05) is 25.1 Å². The van der Waals surface area contributed by atoms with Gasteiger partial charge < -0.3 is 34.3 Å². The average Bonchev–Trinajstić information content (AvgIpc) is 3.29. The number of amides is 1. The molecule has 2 aliphatic heterocycles. The smallest absolute Gasteiger partial charge is 0.410 e. The standard InChI is InChI=1S/C27H33ClN4O6/c1-15(2)37-27(35)32-9-7-17(8-10-32)16-3-5-18(6-4-16)24-20(28)12-21-25(30-24)31-26(29-21)38-19-11-22(34)23(13-33)36-14-19/h3-6,12,15,17,19,22-23,33-34H,7-11,13-14H2,1-2H3,(H,29,30,31). The van der Waals surface area contributed by atoms with Crippen LogP contribution in [0.25, 0.3) is 22.4 Å². The fraction of sp³-hybridized carbons (Fsp3) is 0.519. The molecule has 3 atom stereocenters. The van der Waals surface area contributed by atoms with Gasteiger partial charge in [0.05, 0.1) is 41.7 Å². The Morgan fingerprint density at radius 3 is 2.63 bits per heavy atom. The molecular weight excluding hydrogens is 512 g/mol. The first-order chi connectivity index (χ1) is 18.3. The van der Waals surface area contributed by atoms with E-state index in [1.807, 2.05) is 26.0 Å². The maximum absolute atomic E-state index is 12.2. The zero-order valence-electron chi connectivity index (χ0n) is 21.5. The number of piperidine rings is 1. The van der Waals surface area contributed by atoms with Crippen molar-refractivity contribution in [2.75, 3.05) is 26.3 Å². The molecule has 10 nitrogen and oxygen atoms in total. The number of fused-ring (bicyclic) bond motifs is 1. The van der Waals surface area contributed by atoms with Gasteiger partial charge in [-0.3, -0.25) is 0 Å². The number of aromatic nitrogens is 3. The van der Waals surface area contributed by atoms with Crippen molar-refractivity contribution < 1.29 is 29.2 Å². The molecule has 0 bridgehead atoms. The van der Waals surface area contributed by atoms with E-state index in [9.17, 15) is 15.0 Å². The quantitative estimate of drug-likeness (QED) is 0.426. The van der Waals surface area contributed by atoms with Crippen molar-refractivity contribution in [3.8, 4) is 17.3 Å². The number of ether oxygens (including phenoxy) is 3. The lowest BCUT2D eigenvalue weighted by molar-refractivity contribution is -0.131. The number of nitrogens with zero attached hydrogens (tertiary/aromatic N) is 3. The number of benzene rings is 1. The van der Waals surface area contributed by atoms with Crippen LogP contribution in [0.4, 0.5) is 4.79 Å². The maximum atomic E-state index is 12.2. The monoisotopic (exact) mass is 544 g/mol. The van der Waals surface area contributed by atoms with E-state index in [1.165, 1.54) is 5.56 Å². The molecule has 38 heavy (non-hydrogen) atoms. The number of rotatable bonds is 6. The molecule has 1 aromatic carbocycles. The number of imidazole rings is 1. The van der Waals surface area contributed by atoms with Crippen LogP contribution >= 0.6 is 11.6 Å². The topological polar surface area (TPSA) is 130 Å². The van der Waals surface area contributed by atoms with Gasteiger partial charge in [0.25, 0.3) is 6.01 Å². The molecule has 2 aliphatic rings. The molecule has 2 aromatic heterocycles. The third-order valence-corrected chi connectivity index (χ3v) is 7.33. The Labute approximate surface area is 225 Å². The summed E-state index contributed by atoms with van der Waals surface area (Å²) in [5.74, 6) is 0.374. The van der Waals surface area contributed by atoms with Crippen molar-refractivity contribution >= 4 is 28.9 Å². The molecule has 2 fully saturated rings. The van der Waals surface area contributed by atoms with Crippen LogP contribution in [0.1, 0.15) is 44.6 Å². The van der Waals surface area contributed by atoms with E-state index in [2.05, 4.69) is 27.1 Å². The van der Waals surface area contributed by atoms with Gasteiger partial charge in [-0.05, 0) is 44.2 Å². The van der Waals surface area contributed by atoms with Gasteiger partial charge in [-0.2, -0.15) is 4.98 Å². The fourth-order valence-electron chi connectivity index (χ4n) is 4.98. The second kappa shape index (κ2) is 11.4. The molecule has 204 valence electrons. The van der Waals surface area contributed by atoms with Gasteiger partial charge in [0.2, 0.25) is 0 Å². The van der Waals surface area contributed by atoms with Crippen molar-refractivity contribution in [2.24, 2.45) is 0 Å². The molecule has 4 heterocycles. The normalized spacial score (nSPS) is 22.7. The lowest BCUT2D eigenvalue weighted by atomic mass is 9.89. The first-order valence-corrected chi connectivity index (χ1v) is 13.4. The molecule has 0 saturated carbocycles. The number of halogens is 1. The van der Waals surface area contributed by atoms with Crippen LogP contribution in [0.5, 0.6) is 6.01 Å². The van der Waals surface area contributed by atoms with E-state index < -0.39 is 18.3 Å². The van der Waals surface area contributed by atoms with Gasteiger partial charge in [-0.15, -0.1) is 0 Å². The number of pyridine rings is 1. The highest BCUT2D eigenvalue weighted by Crippen LogP contribution is 2.33. The summed E-state index contributed by atoms with van der Waals surface area (Å²) in [4.78, 5) is 26.1. The number of hydrogen-bond acceptors (Lipinski definition) is 8. The summed E-state index contributed by atoms with van der Waals surface area (Å²) < 4.78 is 16.6. The molecule has 0 spiro atoms. The highest BCUT2D eigenvalue weighted by molar-refractivity contribution is 6.33. The molecule has 3 aromatic rings. The van der Waals surface area contributed by atoms with E-state index >= 15 is 0 Å². The number of nitrogens with one attached hydrogen (secondary N) is 1. The van der Waals surface area contributed by atoms with Gasteiger partial charge in [-0.1, -0.05) is 35.9 Å². The summed E-state index contributed by atoms with van der Waals surface area (Å²) in [6.45, 7) is 5.08. The fourth-order valence-corrected chi connectivity index (χ4v) is 5.24. The third-order valence-electron chi connectivity index (χ3n) is 7.04. The van der Waals surface area contributed by atoms with Gasteiger partial charge in [0.1, 0.15) is 12.2 Å². The van der Waals surface area contributed by atoms with E-state index in [1.54, 1.807) is 11.0 Å². The minimum absolute atomic E-state index is 0.117. The summed E-state index contributed by atoms with van der Waals surface area (Å²) in [7, 11) is 0. The van der Waals surface area contributed by atoms with Crippen molar-refractivity contribution in [1.29, 1.82) is 0 Å². The Morgan fingerprint density at radius 2 is 1.97 bits per heavy atom. The summed E-state index contributed by atoms with van der Waals surface area (Å²) in [5, 5.41) is 19.8. The van der Waals surface area contributed by atoms with Gasteiger partial charge >= 0.3 is 6.09 Å². The van der Waals surface area contributed by atoms with Crippen molar-refractivity contribution in [2.45, 2.75) is 63.4 Å². The van der Waals surface area contributed by atoms with Crippen LogP contribution < -0.4 is 4.74 Å². The average molecular weight is 545 g/mol. The predicted octanol–water partition coefficient (Wildman–Crippen LogP) is 3.89. The largest absolute Gasteiger partial charge is 0.459 e. The lowest BCUT2D eigenvalue weighted by Crippen LogP contribution is -2.45. The number of hydrogen-bond donors (Lipinski definition) is 3. The zero-order chi connectivity index (χ0) is 26.8. The summed E-state index contributed by atoms with van der Waals surface area (Å²) >= 11 is 6.58. The molecule has 5 rings (SSSR count). The third kappa shape index (κ3) is 5.88. The van der Waals surface area contributed by atoms with Crippen LogP contribution in [0.2, 0.25) is 5.02 Å². The summed E-state index contributed by atoms with van der Waals surface area (Å²) in [5.41, 5.74) is 3.83. The molecule has 0 radical (unpaired) electrons. The van der Waals surface area contributed by atoms with Crippen LogP contribution in [-0.2, 0) is 9.47 Å². The Balaban J connectivity index is 1.24. The maximum Gasteiger partial charge on any atom is 0.410 e. The Bertz CT molecular complexity index is 1260. The van der Waals surface area contributed by atoms with Crippen LogP contribution in [0.15, 0.2) is 30.3 Å². The second-order valence-corrected chi connectivity index (χ2v) is 10.6. The lowest BCUT2D eigenvalue weighted by Gasteiger charge is -2.32. The number of carbonyl (C=O) groups excluding carboxylic acids is 1. The Kier molecular flexibility index (Phi) is 8.04. The van der Waals surface area contributed by atoms with Crippen LogP contribution in [0, 0.1) is 0 Å². The number of carbonyl (C=O) groups is 1. The summed E-state index contributed by atoms with van der Waals surface area (Å²) in [6.07, 6.45) is -0.0567. The second-order valence-electron chi connectivity index (χ2n) is 10.1. The highest BCUT2D eigenvalue weighted by atomic mass is 35.5. The summed E-state index contributed by atoms with van der Waals surface area (Å²) in [6, 6.07) is 10.2. The number of H-pyrrole nitrogens is 1. The van der Waals surface area contributed by atoms with Crippen LogP contribution in [-0.4, -0.2) is 86.9 Å². The number of likely N-dealkylation sites (tertiary alicyclic amines) is 1. The van der Waals surface area contributed by atoms with E-state index in [4.69, 9.17) is 25.8 Å². The first-order valence-electron chi connectivity index (χ1n) is 13.0. The molecule has 2 saturated heterocycles. The molecule has 0 aliphatic carbocycles. The van der Waals surface area contributed by atoms with Crippen molar-refractivity contribution in [3.05, 3.63) is 40.9 Å². The number of aliphatic hydroxyl groups is 2. The van der Waals surface area contributed by atoms with Crippen LogP contribution in [0.3, 0.4) is 0 Å². The van der Waals surface area contributed by atoms with Crippen molar-refractivity contribution in [1.82, 2.24) is 19.9 Å². The Hall–Kier alpha value is -2.92. The van der Waals surface area contributed by atoms with Crippen molar-refractivity contribution in [3.63, 3.8) is 0 Å².